The number of nitrogens with one attached hydrogen (secondary N) is 3. The predicted octanol–water partition coefficient (Wildman–Crippen LogP) is 7.13. The van der Waals surface area contributed by atoms with Gasteiger partial charge >= 0.3 is 0 Å². The molecule has 0 spiro atoms. The van der Waals surface area contributed by atoms with Crippen LogP contribution in [0.3, 0.4) is 0 Å². The van der Waals surface area contributed by atoms with E-state index in [2.05, 4.69) is 71.7 Å². The van der Waals surface area contributed by atoms with Gasteiger partial charge < -0.3 is 10.4 Å². The lowest BCUT2D eigenvalue weighted by Gasteiger charge is -2.07. The molecule has 2 heterocycles. The molecule has 0 bridgehead atoms. The molecule has 0 aliphatic carbocycles. The largest absolute Gasteiger partial charge is 0.355 e. The van der Waals surface area contributed by atoms with Crippen molar-refractivity contribution in [2.45, 2.75) is 0 Å². The molecule has 152 valence electrons. The number of rotatable bonds is 3. The first kappa shape index (κ1) is 18.3. The summed E-state index contributed by atoms with van der Waals surface area (Å²) in [4.78, 5) is 3.49. The lowest BCUT2D eigenvalue weighted by atomic mass is 10.0. The fourth-order valence-corrected chi connectivity index (χ4v) is 4.65. The molecule has 2 aromatic heterocycles. The lowest BCUT2D eigenvalue weighted by Crippen LogP contribution is -2.06. The number of benzene rings is 4. The Morgan fingerprint density at radius 3 is 2.19 bits per heavy atom. The first-order valence-electron chi connectivity index (χ1n) is 10.5. The molecule has 4 heteroatoms. The zero-order chi connectivity index (χ0) is 21.7. The summed E-state index contributed by atoms with van der Waals surface area (Å²) >= 11 is 0. The van der Waals surface area contributed by atoms with E-state index in [4.69, 9.17) is 10.8 Å². The number of aromatic amines is 1. The molecule has 0 radical (unpaired) electrons. The number of nitrogens with zero attached hydrogens (tertiary/aromatic N) is 1. The van der Waals surface area contributed by atoms with Gasteiger partial charge in [0.1, 0.15) is 5.84 Å². The van der Waals surface area contributed by atoms with E-state index in [1.54, 1.807) is 12.2 Å². The first-order chi connectivity index (χ1) is 15.7. The van der Waals surface area contributed by atoms with Crippen LogP contribution >= 0.6 is 0 Å². The van der Waals surface area contributed by atoms with Crippen molar-refractivity contribution in [3.05, 3.63) is 97.1 Å². The molecule has 0 aliphatic heterocycles. The van der Waals surface area contributed by atoms with Crippen LogP contribution in [0.2, 0.25) is 0 Å². The van der Waals surface area contributed by atoms with Gasteiger partial charge in [0.15, 0.2) is 0 Å². The fraction of sp³-hybridized carbons (Fsp3) is 0. The maximum absolute atomic E-state index is 8.55. The van der Waals surface area contributed by atoms with Gasteiger partial charge in [0.25, 0.3) is 0 Å². The fourth-order valence-electron chi connectivity index (χ4n) is 4.65. The minimum absolute atomic E-state index is 0.340. The quantitative estimate of drug-likeness (QED) is 0.204. The monoisotopic (exact) mass is 412 g/mol. The van der Waals surface area contributed by atoms with Crippen LogP contribution in [-0.2, 0) is 0 Å². The van der Waals surface area contributed by atoms with Crippen molar-refractivity contribution < 1.29 is 0 Å². The zero-order valence-electron chi connectivity index (χ0n) is 17.3. The molecule has 0 unspecified atom stereocenters. The molecule has 6 aromatic rings. The Morgan fingerprint density at radius 1 is 0.688 bits per heavy atom. The number of para-hydroxylation sites is 2. The van der Waals surface area contributed by atoms with E-state index in [9.17, 15) is 0 Å². The molecule has 0 amide bonds. The molecule has 0 saturated heterocycles. The van der Waals surface area contributed by atoms with Crippen molar-refractivity contribution in [3.63, 3.8) is 0 Å². The summed E-state index contributed by atoms with van der Waals surface area (Å²) in [7, 11) is 0. The molecular formula is C28H20N4. The van der Waals surface area contributed by atoms with Gasteiger partial charge in [-0.2, -0.15) is 0 Å². The number of hydrogen-bond donors (Lipinski definition) is 3. The minimum atomic E-state index is 0.340. The molecule has 4 aromatic carbocycles. The number of aromatic nitrogens is 2. The van der Waals surface area contributed by atoms with Gasteiger partial charge in [-0.1, -0.05) is 48.5 Å². The summed E-state index contributed by atoms with van der Waals surface area (Å²) < 4.78 is 1.94. The van der Waals surface area contributed by atoms with Crippen molar-refractivity contribution in [1.29, 1.82) is 10.8 Å². The normalized spacial score (nSPS) is 11.9. The van der Waals surface area contributed by atoms with Crippen LogP contribution in [0, 0.1) is 10.8 Å². The van der Waals surface area contributed by atoms with E-state index in [1.807, 2.05) is 22.8 Å². The lowest BCUT2D eigenvalue weighted by molar-refractivity contribution is 1.24. The highest BCUT2D eigenvalue weighted by Crippen LogP contribution is 2.35. The summed E-state index contributed by atoms with van der Waals surface area (Å²) in [5, 5.41) is 20.5. The molecular weight excluding hydrogens is 392 g/mol. The molecule has 0 aliphatic rings. The predicted molar refractivity (Wildman–Crippen MR) is 135 cm³/mol. The van der Waals surface area contributed by atoms with Gasteiger partial charge in [0.2, 0.25) is 0 Å². The van der Waals surface area contributed by atoms with E-state index >= 15 is 0 Å². The Balaban J connectivity index is 1.58. The second-order valence-electron chi connectivity index (χ2n) is 7.93. The van der Waals surface area contributed by atoms with E-state index in [0.717, 1.165) is 38.4 Å². The highest BCUT2D eigenvalue weighted by atomic mass is 15.0. The third-order valence-corrected chi connectivity index (χ3v) is 6.10. The Labute approximate surface area is 184 Å². The van der Waals surface area contributed by atoms with Crippen molar-refractivity contribution in [2.24, 2.45) is 0 Å². The van der Waals surface area contributed by atoms with E-state index in [1.165, 1.54) is 22.6 Å². The van der Waals surface area contributed by atoms with Crippen LogP contribution in [0.1, 0.15) is 0 Å². The van der Waals surface area contributed by atoms with Crippen molar-refractivity contribution in [3.8, 4) is 11.1 Å². The summed E-state index contributed by atoms with van der Waals surface area (Å²) in [5.74, 6) is 0.340. The summed E-state index contributed by atoms with van der Waals surface area (Å²) in [5.41, 5.74) is 6.58. The van der Waals surface area contributed by atoms with Crippen molar-refractivity contribution in [1.82, 2.24) is 9.55 Å². The van der Waals surface area contributed by atoms with E-state index in [-0.39, 0.29) is 0 Å². The second-order valence-corrected chi connectivity index (χ2v) is 7.93. The first-order valence-corrected chi connectivity index (χ1v) is 10.5. The van der Waals surface area contributed by atoms with Crippen molar-refractivity contribution >= 4 is 55.7 Å². The molecule has 4 nitrogen and oxygen atoms in total. The Kier molecular flexibility index (Phi) is 4.05. The maximum Gasteiger partial charge on any atom is 0.129 e. The number of fused-ring (bicyclic) bond motifs is 6. The Bertz CT molecular complexity index is 1710. The van der Waals surface area contributed by atoms with Crippen LogP contribution in [0.5, 0.6) is 0 Å². The summed E-state index contributed by atoms with van der Waals surface area (Å²) in [6.07, 6.45) is 4.42. The van der Waals surface area contributed by atoms with Crippen LogP contribution < -0.4 is 0 Å². The SMILES string of the molecule is N=C/C=C\C(=N)n1c2ccccc2c2cc(-c3ccc4[nH]c5ccccc5c4c3)ccc21. The van der Waals surface area contributed by atoms with Gasteiger partial charge in [-0.25, -0.2) is 0 Å². The van der Waals surface area contributed by atoms with Gasteiger partial charge in [-0.3, -0.25) is 9.98 Å². The standard InChI is InChI=1S/C28H20N4/c29-15-5-10-28(30)32-26-9-4-2-7-21(26)23-17-19(12-14-27(23)32)18-11-13-25-22(16-18)20-6-1-3-8-24(20)31-25/h1-17,29-31H/b10-5-,29-15?,30-28?. The van der Waals surface area contributed by atoms with E-state index < -0.39 is 0 Å². The summed E-state index contributed by atoms with van der Waals surface area (Å²) in [6.45, 7) is 0. The Hall–Kier alpha value is -4.44. The highest BCUT2D eigenvalue weighted by molar-refractivity contribution is 6.17. The molecule has 0 atom stereocenters. The van der Waals surface area contributed by atoms with Gasteiger partial charge in [0.05, 0.1) is 11.0 Å². The minimum Gasteiger partial charge on any atom is -0.355 e. The van der Waals surface area contributed by atoms with Gasteiger partial charge in [-0.05, 0) is 59.7 Å². The molecule has 32 heavy (non-hydrogen) atoms. The van der Waals surface area contributed by atoms with Crippen LogP contribution in [0.4, 0.5) is 0 Å². The number of hydrogen-bond acceptors (Lipinski definition) is 2. The van der Waals surface area contributed by atoms with Crippen LogP contribution in [0.15, 0.2) is 97.1 Å². The van der Waals surface area contributed by atoms with Gasteiger partial charge in [0, 0.05) is 38.8 Å². The zero-order valence-corrected chi connectivity index (χ0v) is 17.3. The maximum atomic E-state index is 8.55. The Morgan fingerprint density at radius 2 is 1.34 bits per heavy atom. The highest BCUT2D eigenvalue weighted by Gasteiger charge is 2.14. The average Bonchev–Trinajstić information content (AvgIpc) is 3.37. The molecule has 0 saturated carbocycles. The average molecular weight is 412 g/mol. The topological polar surface area (TPSA) is 68.4 Å². The second kappa shape index (κ2) is 7.06. The molecule has 6 rings (SSSR count). The number of H-pyrrole nitrogens is 1. The van der Waals surface area contributed by atoms with Crippen LogP contribution in [0.25, 0.3) is 54.7 Å². The van der Waals surface area contributed by atoms with Crippen molar-refractivity contribution in [2.75, 3.05) is 0 Å². The van der Waals surface area contributed by atoms with Crippen LogP contribution in [-0.4, -0.2) is 21.6 Å². The van der Waals surface area contributed by atoms with Gasteiger partial charge in [-0.15, -0.1) is 0 Å². The third kappa shape index (κ3) is 2.70. The molecule has 3 N–H and O–H groups in total. The van der Waals surface area contributed by atoms with E-state index in [0.29, 0.717) is 5.84 Å². The smallest absolute Gasteiger partial charge is 0.129 e. The number of allylic oxidation sites excluding steroid dienone is 2. The molecule has 0 fully saturated rings. The third-order valence-electron chi connectivity index (χ3n) is 6.10. The summed E-state index contributed by atoms with van der Waals surface area (Å²) in [6, 6.07) is 29.6.